The van der Waals surface area contributed by atoms with Crippen LogP contribution in [0.2, 0.25) is 0 Å². The molecular weight excluding hydrogens is 302 g/mol. The first-order chi connectivity index (χ1) is 10.4. The molecule has 0 heterocycles. The van der Waals surface area contributed by atoms with Gasteiger partial charge in [-0.05, 0) is 43.9 Å². The minimum absolute atomic E-state index is 0.0542. The average molecular weight is 325 g/mol. The first-order valence-corrected chi connectivity index (χ1v) is 9.22. The van der Waals surface area contributed by atoms with Crippen LogP contribution >= 0.6 is 0 Å². The number of carbonyl (C=O) groups excluding carboxylic acids is 1. The van der Waals surface area contributed by atoms with Gasteiger partial charge in [0.05, 0.1) is 11.4 Å². The van der Waals surface area contributed by atoms with Crippen LogP contribution in [0.1, 0.15) is 32.6 Å². The fraction of sp³-hybridized carbons (Fsp3) is 0.533. The molecule has 22 heavy (non-hydrogen) atoms. The number of benzene rings is 1. The van der Waals surface area contributed by atoms with Gasteiger partial charge in [-0.25, -0.2) is 8.42 Å². The van der Waals surface area contributed by atoms with E-state index in [4.69, 9.17) is 5.73 Å². The Bertz CT molecular complexity index is 631. The van der Waals surface area contributed by atoms with E-state index in [0.29, 0.717) is 24.2 Å². The fourth-order valence-electron chi connectivity index (χ4n) is 2.66. The lowest BCUT2D eigenvalue weighted by Gasteiger charge is -2.12. The van der Waals surface area contributed by atoms with Gasteiger partial charge in [0.2, 0.25) is 15.9 Å². The van der Waals surface area contributed by atoms with E-state index in [2.05, 4.69) is 10.0 Å². The molecule has 1 aromatic rings. The SMILES string of the molecule is CCCS(=O)(=O)Nc1cccc(NC(=O)C2CCC(N)C2)c1. The molecule has 1 aromatic carbocycles. The second-order valence-electron chi connectivity index (χ2n) is 5.76. The van der Waals surface area contributed by atoms with Crippen molar-refractivity contribution >= 4 is 27.3 Å². The summed E-state index contributed by atoms with van der Waals surface area (Å²) in [7, 11) is -3.33. The highest BCUT2D eigenvalue weighted by atomic mass is 32.2. The molecular formula is C15H23N3O3S. The molecule has 4 N–H and O–H groups in total. The van der Waals surface area contributed by atoms with Crippen molar-refractivity contribution in [3.05, 3.63) is 24.3 Å². The lowest BCUT2D eigenvalue weighted by atomic mass is 10.1. The van der Waals surface area contributed by atoms with E-state index in [9.17, 15) is 13.2 Å². The third-order valence-electron chi connectivity index (χ3n) is 3.72. The van der Waals surface area contributed by atoms with Gasteiger partial charge in [-0.1, -0.05) is 13.0 Å². The van der Waals surface area contributed by atoms with Crippen molar-refractivity contribution in [2.45, 2.75) is 38.6 Å². The topological polar surface area (TPSA) is 101 Å². The number of hydrogen-bond donors (Lipinski definition) is 3. The Morgan fingerprint density at radius 3 is 2.68 bits per heavy atom. The largest absolute Gasteiger partial charge is 0.328 e. The van der Waals surface area contributed by atoms with E-state index >= 15 is 0 Å². The Hall–Kier alpha value is -1.60. The van der Waals surface area contributed by atoms with Crippen LogP contribution < -0.4 is 15.8 Å². The van der Waals surface area contributed by atoms with Crippen LogP contribution in [0, 0.1) is 5.92 Å². The van der Waals surface area contributed by atoms with Crippen LogP contribution in [0.3, 0.4) is 0 Å². The molecule has 0 radical (unpaired) electrons. The van der Waals surface area contributed by atoms with Crippen molar-refractivity contribution in [3.63, 3.8) is 0 Å². The molecule has 1 aliphatic rings. The minimum Gasteiger partial charge on any atom is -0.328 e. The van der Waals surface area contributed by atoms with Gasteiger partial charge in [0.25, 0.3) is 0 Å². The molecule has 1 saturated carbocycles. The summed E-state index contributed by atoms with van der Waals surface area (Å²) in [4.78, 5) is 12.2. The number of carbonyl (C=O) groups is 1. The standard InChI is InChI=1S/C15H23N3O3S/c1-2-8-22(20,21)18-14-5-3-4-13(10-14)17-15(19)11-6-7-12(16)9-11/h3-5,10-12,18H,2,6-9,16H2,1H3,(H,17,19). The summed E-state index contributed by atoms with van der Waals surface area (Å²) in [6, 6.07) is 6.83. The number of nitrogens with two attached hydrogens (primary N) is 1. The van der Waals surface area contributed by atoms with Gasteiger partial charge in [-0.2, -0.15) is 0 Å². The molecule has 0 aromatic heterocycles. The first-order valence-electron chi connectivity index (χ1n) is 7.56. The predicted octanol–water partition coefficient (Wildman–Crippen LogP) is 1.90. The van der Waals surface area contributed by atoms with Gasteiger partial charge in [0, 0.05) is 17.6 Å². The zero-order chi connectivity index (χ0) is 16.2. The molecule has 0 aliphatic heterocycles. The number of sulfonamides is 1. The monoisotopic (exact) mass is 325 g/mol. The fourth-order valence-corrected chi connectivity index (χ4v) is 3.78. The number of anilines is 2. The Balaban J connectivity index is 2.01. The third-order valence-corrected chi connectivity index (χ3v) is 5.21. The maximum absolute atomic E-state index is 12.2. The summed E-state index contributed by atoms with van der Waals surface area (Å²) in [5.41, 5.74) is 6.86. The van der Waals surface area contributed by atoms with E-state index in [1.165, 1.54) is 0 Å². The van der Waals surface area contributed by atoms with Gasteiger partial charge >= 0.3 is 0 Å². The molecule has 7 heteroatoms. The molecule has 2 unspecified atom stereocenters. The van der Waals surface area contributed by atoms with Crippen LogP contribution in [0.5, 0.6) is 0 Å². The average Bonchev–Trinajstić information content (AvgIpc) is 2.85. The van der Waals surface area contributed by atoms with E-state index in [0.717, 1.165) is 12.8 Å². The van der Waals surface area contributed by atoms with E-state index in [-0.39, 0.29) is 23.6 Å². The Morgan fingerprint density at radius 2 is 2.05 bits per heavy atom. The molecule has 122 valence electrons. The van der Waals surface area contributed by atoms with Crippen molar-refractivity contribution in [3.8, 4) is 0 Å². The van der Waals surface area contributed by atoms with Gasteiger partial charge in [0.1, 0.15) is 0 Å². The molecule has 0 spiro atoms. The third kappa shape index (κ3) is 4.71. The van der Waals surface area contributed by atoms with Crippen LogP contribution in [0.15, 0.2) is 24.3 Å². The lowest BCUT2D eigenvalue weighted by Crippen LogP contribution is -2.23. The highest BCUT2D eigenvalue weighted by Crippen LogP contribution is 2.26. The highest BCUT2D eigenvalue weighted by molar-refractivity contribution is 7.92. The second kappa shape index (κ2) is 7.11. The summed E-state index contributed by atoms with van der Waals surface area (Å²) < 4.78 is 26.0. The van der Waals surface area contributed by atoms with Gasteiger partial charge < -0.3 is 11.1 Å². The van der Waals surface area contributed by atoms with Crippen molar-refractivity contribution < 1.29 is 13.2 Å². The Kier molecular flexibility index (Phi) is 5.42. The maximum Gasteiger partial charge on any atom is 0.232 e. The van der Waals surface area contributed by atoms with E-state index in [1.807, 2.05) is 6.92 Å². The maximum atomic E-state index is 12.2. The Morgan fingerprint density at radius 1 is 1.32 bits per heavy atom. The van der Waals surface area contributed by atoms with Crippen molar-refractivity contribution in [2.75, 3.05) is 15.8 Å². The second-order valence-corrected chi connectivity index (χ2v) is 7.60. The predicted molar refractivity (Wildman–Crippen MR) is 88.1 cm³/mol. The zero-order valence-electron chi connectivity index (χ0n) is 12.7. The molecule has 2 rings (SSSR count). The van der Waals surface area contributed by atoms with Gasteiger partial charge in [-0.15, -0.1) is 0 Å². The van der Waals surface area contributed by atoms with Crippen LogP contribution in [0.4, 0.5) is 11.4 Å². The molecule has 1 aliphatic carbocycles. The summed E-state index contributed by atoms with van der Waals surface area (Å²) in [6.07, 6.45) is 2.92. The minimum atomic E-state index is -3.33. The summed E-state index contributed by atoms with van der Waals surface area (Å²) in [5.74, 6) is -0.0410. The van der Waals surface area contributed by atoms with Crippen LogP contribution in [-0.4, -0.2) is 26.1 Å². The zero-order valence-corrected chi connectivity index (χ0v) is 13.5. The van der Waals surface area contributed by atoms with Crippen molar-refractivity contribution in [2.24, 2.45) is 11.7 Å². The van der Waals surface area contributed by atoms with Crippen molar-refractivity contribution in [1.29, 1.82) is 0 Å². The van der Waals surface area contributed by atoms with Gasteiger partial charge in [-0.3, -0.25) is 9.52 Å². The van der Waals surface area contributed by atoms with Gasteiger partial charge in [0.15, 0.2) is 0 Å². The number of hydrogen-bond acceptors (Lipinski definition) is 4. The Labute approximate surface area is 131 Å². The smallest absolute Gasteiger partial charge is 0.232 e. The van der Waals surface area contributed by atoms with Crippen LogP contribution in [0.25, 0.3) is 0 Å². The highest BCUT2D eigenvalue weighted by Gasteiger charge is 2.27. The number of nitrogens with one attached hydrogen (secondary N) is 2. The van der Waals surface area contributed by atoms with E-state index < -0.39 is 10.0 Å². The van der Waals surface area contributed by atoms with Crippen LogP contribution in [-0.2, 0) is 14.8 Å². The van der Waals surface area contributed by atoms with E-state index in [1.54, 1.807) is 24.3 Å². The quantitative estimate of drug-likeness (QED) is 0.743. The first kappa shape index (κ1) is 16.8. The number of rotatable bonds is 6. The summed E-state index contributed by atoms with van der Waals surface area (Å²) in [5, 5.41) is 2.83. The lowest BCUT2D eigenvalue weighted by molar-refractivity contribution is -0.119. The normalized spacial score (nSPS) is 21.5. The molecule has 6 nitrogen and oxygen atoms in total. The molecule has 0 saturated heterocycles. The molecule has 2 atom stereocenters. The molecule has 1 fully saturated rings. The molecule has 1 amide bonds. The van der Waals surface area contributed by atoms with Crippen molar-refractivity contribution in [1.82, 2.24) is 0 Å². The molecule has 0 bridgehead atoms. The number of amides is 1. The summed E-state index contributed by atoms with van der Waals surface area (Å²) in [6.45, 7) is 1.81. The summed E-state index contributed by atoms with van der Waals surface area (Å²) >= 11 is 0.